The van der Waals surface area contributed by atoms with Gasteiger partial charge < -0.3 is 11.5 Å². The number of aryl methyl sites for hydroxylation is 2. The van der Waals surface area contributed by atoms with Crippen molar-refractivity contribution in [3.8, 4) is 6.07 Å². The number of allylic oxidation sites excluding steroid dienone is 2. The van der Waals surface area contributed by atoms with E-state index in [-0.39, 0.29) is 16.2 Å². The summed E-state index contributed by atoms with van der Waals surface area (Å²) in [6, 6.07) is 5.71. The van der Waals surface area contributed by atoms with Crippen LogP contribution < -0.4 is 11.5 Å². The fourth-order valence-electron chi connectivity index (χ4n) is 2.31. The van der Waals surface area contributed by atoms with E-state index < -0.39 is 0 Å². The lowest BCUT2D eigenvalue weighted by Gasteiger charge is -2.17. The summed E-state index contributed by atoms with van der Waals surface area (Å²) < 4.78 is 3.52. The largest absolute Gasteiger partial charge is 0.384 e. The van der Waals surface area contributed by atoms with Crippen LogP contribution in [0.15, 0.2) is 23.2 Å². The first-order valence-electron chi connectivity index (χ1n) is 10.2. The Bertz CT molecular complexity index is 888. The van der Waals surface area contributed by atoms with Crippen LogP contribution >= 0.6 is 11.6 Å². The zero-order valence-corrected chi connectivity index (χ0v) is 21.8. The molecule has 0 aliphatic carbocycles. The molecule has 0 aliphatic heterocycles. The van der Waals surface area contributed by atoms with Gasteiger partial charge in [0.1, 0.15) is 11.6 Å². The smallest absolute Gasteiger partial charge is 0.145 e. The van der Waals surface area contributed by atoms with Crippen molar-refractivity contribution in [3.05, 3.63) is 34.6 Å². The predicted octanol–water partition coefficient (Wildman–Crippen LogP) is 5.28. The monoisotopic (exact) mass is 449 g/mol. The summed E-state index contributed by atoms with van der Waals surface area (Å²) in [6.45, 7) is 18.7. The van der Waals surface area contributed by atoms with Gasteiger partial charge in [0.25, 0.3) is 0 Å². The molecule has 0 bridgehead atoms. The summed E-state index contributed by atoms with van der Waals surface area (Å²) in [5.41, 5.74) is 13.5. The molecule has 0 saturated heterocycles. The summed E-state index contributed by atoms with van der Waals surface area (Å²) in [7, 11) is 3.77. The average Bonchev–Trinajstić information content (AvgIpc) is 3.09. The van der Waals surface area contributed by atoms with Crippen LogP contribution in [0.2, 0.25) is 0 Å². The van der Waals surface area contributed by atoms with Gasteiger partial charge in [-0.2, -0.15) is 15.5 Å². The molecule has 2 aromatic rings. The summed E-state index contributed by atoms with van der Waals surface area (Å²) in [4.78, 5) is 0. The Labute approximate surface area is 193 Å². The molecule has 31 heavy (non-hydrogen) atoms. The van der Waals surface area contributed by atoms with Crippen LogP contribution in [0.5, 0.6) is 0 Å². The molecule has 7 nitrogen and oxygen atoms in total. The molecule has 0 unspecified atom stereocenters. The normalized spacial score (nSPS) is 12.3. The van der Waals surface area contributed by atoms with E-state index in [1.54, 1.807) is 4.68 Å². The number of hydrogen-bond acceptors (Lipinski definition) is 5. The minimum Gasteiger partial charge on any atom is -0.384 e. The maximum Gasteiger partial charge on any atom is 0.145 e. The third-order valence-electron chi connectivity index (χ3n) is 4.26. The molecule has 0 saturated carbocycles. The highest BCUT2D eigenvalue weighted by atomic mass is 35.5. The first-order valence-corrected chi connectivity index (χ1v) is 10.5. The van der Waals surface area contributed by atoms with E-state index in [1.807, 2.05) is 57.8 Å². The molecule has 0 aromatic carbocycles. The highest BCUT2D eigenvalue weighted by Crippen LogP contribution is 2.27. The summed E-state index contributed by atoms with van der Waals surface area (Å²) in [5, 5.41) is 17.1. The van der Waals surface area contributed by atoms with Crippen molar-refractivity contribution in [3.63, 3.8) is 0 Å². The van der Waals surface area contributed by atoms with E-state index >= 15 is 0 Å². The van der Waals surface area contributed by atoms with Gasteiger partial charge in [-0.1, -0.05) is 73.9 Å². The lowest BCUT2D eigenvalue weighted by molar-refractivity contribution is 0.523. The molecule has 0 fully saturated rings. The molecule has 0 spiro atoms. The summed E-state index contributed by atoms with van der Waals surface area (Å²) in [5.74, 6) is 1.31. The number of halogens is 1. The van der Waals surface area contributed by atoms with Crippen molar-refractivity contribution in [1.29, 1.82) is 5.26 Å². The van der Waals surface area contributed by atoms with Gasteiger partial charge in [-0.25, -0.2) is 0 Å². The van der Waals surface area contributed by atoms with Crippen LogP contribution in [0, 0.1) is 16.7 Å². The van der Waals surface area contributed by atoms with E-state index in [0.29, 0.717) is 10.9 Å². The van der Waals surface area contributed by atoms with E-state index in [0.717, 1.165) is 17.2 Å². The molecule has 8 heteroatoms. The Morgan fingerprint density at radius 3 is 1.61 bits per heavy atom. The Hall–Kier alpha value is -2.46. The van der Waals surface area contributed by atoms with E-state index in [2.05, 4.69) is 51.7 Å². The van der Waals surface area contributed by atoms with E-state index in [9.17, 15) is 0 Å². The number of nitrogen functional groups attached to an aromatic ring is 2. The number of aromatic nitrogens is 4. The highest BCUT2D eigenvalue weighted by molar-refractivity contribution is 6.30. The van der Waals surface area contributed by atoms with Gasteiger partial charge in [-0.15, -0.1) is 0 Å². The van der Waals surface area contributed by atoms with Gasteiger partial charge in [-0.3, -0.25) is 9.36 Å². The molecule has 0 atom stereocenters. The number of anilines is 2. The Morgan fingerprint density at radius 2 is 1.45 bits per heavy atom. The van der Waals surface area contributed by atoms with Crippen LogP contribution in [-0.2, 0) is 24.9 Å². The summed E-state index contributed by atoms with van der Waals surface area (Å²) in [6.07, 6.45) is 1.36. The topological polar surface area (TPSA) is 111 Å². The van der Waals surface area contributed by atoms with Gasteiger partial charge in [0.05, 0.1) is 11.8 Å². The lowest BCUT2D eigenvalue weighted by atomic mass is 9.92. The molecule has 0 amide bonds. The fraction of sp³-hybridized carbons (Fsp3) is 0.609. The van der Waals surface area contributed by atoms with Gasteiger partial charge >= 0.3 is 0 Å². The SMILES string of the molecule is CC(C)(C)/C(Cl)=C/C#N.Cn1nc(C(C)(C)C)cc1N.Cn1nc(N)cc1C(C)(C)C. The first kappa shape index (κ1) is 28.5. The second kappa shape index (κ2) is 10.7. The third-order valence-corrected chi connectivity index (χ3v) is 4.94. The van der Waals surface area contributed by atoms with Crippen molar-refractivity contribution in [2.45, 2.75) is 73.1 Å². The van der Waals surface area contributed by atoms with Crippen molar-refractivity contribution >= 4 is 23.2 Å². The van der Waals surface area contributed by atoms with Gasteiger partial charge in [0, 0.05) is 53.9 Å². The fourth-order valence-corrected chi connectivity index (χ4v) is 2.36. The maximum atomic E-state index is 8.19. The van der Waals surface area contributed by atoms with Crippen molar-refractivity contribution < 1.29 is 0 Å². The van der Waals surface area contributed by atoms with Crippen LogP contribution in [-0.4, -0.2) is 19.6 Å². The van der Waals surface area contributed by atoms with Crippen LogP contribution in [0.3, 0.4) is 0 Å². The molecule has 174 valence electrons. The Morgan fingerprint density at radius 1 is 0.935 bits per heavy atom. The zero-order chi connectivity index (χ0) is 24.8. The van der Waals surface area contributed by atoms with Crippen LogP contribution in [0.4, 0.5) is 11.6 Å². The maximum absolute atomic E-state index is 8.19. The predicted molar refractivity (Wildman–Crippen MR) is 132 cm³/mol. The number of nitrogens with zero attached hydrogens (tertiary/aromatic N) is 5. The van der Waals surface area contributed by atoms with Gasteiger partial charge in [0.15, 0.2) is 0 Å². The molecule has 0 aliphatic rings. The molecular formula is C23H40ClN7. The average molecular weight is 450 g/mol. The molecule has 4 N–H and O–H groups in total. The quantitative estimate of drug-likeness (QED) is 0.531. The molecule has 2 aromatic heterocycles. The Balaban J connectivity index is 0.000000439. The van der Waals surface area contributed by atoms with Crippen molar-refractivity contribution in [1.82, 2.24) is 19.6 Å². The van der Waals surface area contributed by atoms with E-state index in [4.69, 9.17) is 28.3 Å². The van der Waals surface area contributed by atoms with Crippen molar-refractivity contribution in [2.75, 3.05) is 11.5 Å². The second-order valence-electron chi connectivity index (χ2n) is 10.5. The molecular weight excluding hydrogens is 410 g/mol. The third kappa shape index (κ3) is 9.93. The molecule has 0 radical (unpaired) electrons. The van der Waals surface area contributed by atoms with E-state index in [1.165, 1.54) is 6.08 Å². The lowest BCUT2D eigenvalue weighted by Crippen LogP contribution is -2.16. The van der Waals surface area contributed by atoms with Gasteiger partial charge in [-0.05, 0) is 5.41 Å². The number of nitriles is 1. The standard InChI is InChI=1S/2C8H15N3.C7H10ClN/c1-8(2,3)6-5-7(9)10-11(6)4;1-8(2,3)6-5-7(9)11(4)10-6;1-7(2,3)6(8)4-5-9/h5H,1-4H3,(H2,9,10);5H,9H2,1-4H3;4H,1-3H3/b;;6-4-. The first-order chi connectivity index (χ1) is 13.8. The van der Waals surface area contributed by atoms with Gasteiger partial charge in [0.2, 0.25) is 0 Å². The van der Waals surface area contributed by atoms with Crippen LogP contribution in [0.25, 0.3) is 0 Å². The number of rotatable bonds is 0. The number of nitrogens with two attached hydrogens (primary N) is 2. The molecule has 2 rings (SSSR count). The minimum atomic E-state index is -0.0860. The zero-order valence-electron chi connectivity index (χ0n) is 21.0. The highest BCUT2D eigenvalue weighted by Gasteiger charge is 2.18. The van der Waals surface area contributed by atoms with Crippen LogP contribution in [0.1, 0.15) is 73.7 Å². The van der Waals surface area contributed by atoms with Crippen molar-refractivity contribution in [2.24, 2.45) is 19.5 Å². The summed E-state index contributed by atoms with van der Waals surface area (Å²) >= 11 is 5.70. The second-order valence-corrected chi connectivity index (χ2v) is 10.9. The molecule has 2 heterocycles. The number of hydrogen-bond donors (Lipinski definition) is 2. The minimum absolute atomic E-state index is 0.0860. The Kier molecular flexibility index (Phi) is 9.87.